The van der Waals surface area contributed by atoms with E-state index in [1.165, 1.54) is 0 Å². The van der Waals surface area contributed by atoms with Gasteiger partial charge in [-0.1, -0.05) is 0 Å². The first-order valence-electron chi connectivity index (χ1n) is 5.96. The Morgan fingerprint density at radius 3 is 2.59 bits per heavy atom. The predicted molar refractivity (Wildman–Crippen MR) is 68.5 cm³/mol. The lowest BCUT2D eigenvalue weighted by Gasteiger charge is -2.32. The standard InChI is InChI=1S/C12H24N4O/c1-9(2)16-7-6-10(15-16)8-11(14-13)12(3,4)17-5/h6-7,9,11,14H,8,13H2,1-5H3. The van der Waals surface area contributed by atoms with Crippen LogP contribution in [0.15, 0.2) is 12.3 Å². The second-order valence-electron chi connectivity index (χ2n) is 5.11. The molecular formula is C12H24N4O. The molecule has 1 heterocycles. The third kappa shape index (κ3) is 3.52. The molecule has 1 aromatic rings. The number of hydrogen-bond acceptors (Lipinski definition) is 4. The first-order valence-corrected chi connectivity index (χ1v) is 5.96. The monoisotopic (exact) mass is 240 g/mol. The Hall–Kier alpha value is -0.910. The van der Waals surface area contributed by atoms with E-state index in [9.17, 15) is 0 Å². The average molecular weight is 240 g/mol. The molecule has 1 rings (SSSR count). The van der Waals surface area contributed by atoms with Gasteiger partial charge in [0.1, 0.15) is 0 Å². The minimum absolute atomic E-state index is 0.0306. The maximum atomic E-state index is 5.58. The van der Waals surface area contributed by atoms with E-state index in [1.54, 1.807) is 7.11 Å². The molecular weight excluding hydrogens is 216 g/mol. The minimum atomic E-state index is -0.323. The molecule has 0 bridgehead atoms. The van der Waals surface area contributed by atoms with Gasteiger partial charge in [-0.05, 0) is 33.8 Å². The molecule has 0 radical (unpaired) electrons. The van der Waals surface area contributed by atoms with Gasteiger partial charge >= 0.3 is 0 Å². The van der Waals surface area contributed by atoms with E-state index in [1.807, 2.05) is 30.8 Å². The first kappa shape index (κ1) is 14.2. The highest BCUT2D eigenvalue weighted by molar-refractivity contribution is 5.04. The number of nitrogens with zero attached hydrogens (tertiary/aromatic N) is 2. The number of rotatable bonds is 6. The molecule has 1 aromatic heterocycles. The van der Waals surface area contributed by atoms with Crippen molar-refractivity contribution in [3.63, 3.8) is 0 Å². The molecule has 17 heavy (non-hydrogen) atoms. The molecule has 5 nitrogen and oxygen atoms in total. The van der Waals surface area contributed by atoms with Crippen molar-refractivity contribution in [1.82, 2.24) is 15.2 Å². The summed E-state index contributed by atoms with van der Waals surface area (Å²) in [5.74, 6) is 5.58. The summed E-state index contributed by atoms with van der Waals surface area (Å²) in [7, 11) is 1.69. The normalized spacial score (nSPS) is 14.3. The van der Waals surface area contributed by atoms with Crippen molar-refractivity contribution in [1.29, 1.82) is 0 Å². The van der Waals surface area contributed by atoms with Crippen LogP contribution in [0.2, 0.25) is 0 Å². The summed E-state index contributed by atoms with van der Waals surface area (Å²) < 4.78 is 7.39. The molecule has 0 saturated heterocycles. The molecule has 1 atom stereocenters. The Morgan fingerprint density at radius 2 is 2.18 bits per heavy atom. The van der Waals surface area contributed by atoms with Crippen LogP contribution in [0.5, 0.6) is 0 Å². The number of aromatic nitrogens is 2. The molecule has 0 aliphatic heterocycles. The summed E-state index contributed by atoms with van der Waals surface area (Å²) in [5, 5.41) is 4.51. The van der Waals surface area contributed by atoms with Crippen LogP contribution in [0.1, 0.15) is 39.4 Å². The Balaban J connectivity index is 2.74. The molecule has 0 saturated carbocycles. The van der Waals surface area contributed by atoms with Crippen LogP contribution in [0.3, 0.4) is 0 Å². The van der Waals surface area contributed by atoms with Gasteiger partial charge in [-0.2, -0.15) is 5.10 Å². The zero-order chi connectivity index (χ0) is 13.1. The van der Waals surface area contributed by atoms with Crippen LogP contribution in [-0.4, -0.2) is 28.5 Å². The lowest BCUT2D eigenvalue weighted by Crippen LogP contribution is -2.52. The minimum Gasteiger partial charge on any atom is -0.377 e. The van der Waals surface area contributed by atoms with E-state index >= 15 is 0 Å². The summed E-state index contributed by atoms with van der Waals surface area (Å²) in [5.41, 5.74) is 3.50. The summed E-state index contributed by atoms with van der Waals surface area (Å²) in [4.78, 5) is 0. The Bertz CT molecular complexity index is 346. The van der Waals surface area contributed by atoms with Crippen LogP contribution < -0.4 is 11.3 Å². The van der Waals surface area contributed by atoms with Gasteiger partial charge in [-0.3, -0.25) is 16.0 Å². The maximum Gasteiger partial charge on any atom is 0.0792 e. The summed E-state index contributed by atoms with van der Waals surface area (Å²) in [6.45, 7) is 8.23. The molecule has 0 aliphatic rings. The van der Waals surface area contributed by atoms with Gasteiger partial charge in [-0.25, -0.2) is 0 Å². The van der Waals surface area contributed by atoms with Crippen molar-refractivity contribution in [2.24, 2.45) is 5.84 Å². The van der Waals surface area contributed by atoms with Gasteiger partial charge in [0.05, 0.1) is 17.3 Å². The summed E-state index contributed by atoms with van der Waals surface area (Å²) in [6.07, 6.45) is 2.74. The van der Waals surface area contributed by atoms with Gasteiger partial charge in [0.2, 0.25) is 0 Å². The van der Waals surface area contributed by atoms with E-state index in [0.29, 0.717) is 6.04 Å². The Kier molecular flexibility index (Phi) is 4.68. The molecule has 0 aliphatic carbocycles. The van der Waals surface area contributed by atoms with Crippen molar-refractivity contribution in [3.05, 3.63) is 18.0 Å². The number of hydrazine groups is 1. The van der Waals surface area contributed by atoms with Gasteiger partial charge in [0.15, 0.2) is 0 Å². The lowest BCUT2D eigenvalue weighted by molar-refractivity contribution is -0.0103. The molecule has 98 valence electrons. The zero-order valence-electron chi connectivity index (χ0n) is 11.4. The number of ether oxygens (including phenoxy) is 1. The van der Waals surface area contributed by atoms with Crippen molar-refractivity contribution in [3.8, 4) is 0 Å². The number of hydrogen-bond donors (Lipinski definition) is 2. The fourth-order valence-corrected chi connectivity index (χ4v) is 1.63. The highest BCUT2D eigenvalue weighted by Gasteiger charge is 2.29. The molecule has 0 amide bonds. The van der Waals surface area contributed by atoms with Crippen molar-refractivity contribution in [2.75, 3.05) is 7.11 Å². The van der Waals surface area contributed by atoms with Gasteiger partial charge in [0.25, 0.3) is 0 Å². The predicted octanol–water partition coefficient (Wildman–Crippen LogP) is 1.26. The first-order chi connectivity index (χ1) is 7.90. The van der Waals surface area contributed by atoms with Gasteiger partial charge in [-0.15, -0.1) is 0 Å². The second kappa shape index (κ2) is 5.62. The van der Waals surface area contributed by atoms with E-state index < -0.39 is 0 Å². The fourth-order valence-electron chi connectivity index (χ4n) is 1.63. The third-order valence-corrected chi connectivity index (χ3v) is 3.17. The third-order valence-electron chi connectivity index (χ3n) is 3.17. The summed E-state index contributed by atoms with van der Waals surface area (Å²) in [6, 6.07) is 2.43. The molecule has 0 fully saturated rings. The van der Waals surface area contributed by atoms with E-state index in [4.69, 9.17) is 10.6 Å². The van der Waals surface area contributed by atoms with Gasteiger partial charge < -0.3 is 4.74 Å². The number of nitrogens with one attached hydrogen (secondary N) is 1. The highest BCUT2D eigenvalue weighted by Crippen LogP contribution is 2.17. The summed E-state index contributed by atoms with van der Waals surface area (Å²) >= 11 is 0. The maximum absolute atomic E-state index is 5.58. The fraction of sp³-hybridized carbons (Fsp3) is 0.750. The molecule has 0 aromatic carbocycles. The molecule has 3 N–H and O–H groups in total. The van der Waals surface area contributed by atoms with Crippen molar-refractivity contribution < 1.29 is 4.74 Å². The van der Waals surface area contributed by atoms with E-state index in [2.05, 4.69) is 24.4 Å². The lowest BCUT2D eigenvalue weighted by atomic mass is 9.95. The number of methoxy groups -OCH3 is 1. The largest absolute Gasteiger partial charge is 0.377 e. The number of nitrogens with two attached hydrogens (primary N) is 1. The average Bonchev–Trinajstić information content (AvgIpc) is 2.74. The topological polar surface area (TPSA) is 65.1 Å². The van der Waals surface area contributed by atoms with Gasteiger partial charge in [0, 0.05) is 25.8 Å². The van der Waals surface area contributed by atoms with Crippen molar-refractivity contribution in [2.45, 2.75) is 51.8 Å². The highest BCUT2D eigenvalue weighted by atomic mass is 16.5. The van der Waals surface area contributed by atoms with Crippen LogP contribution in [-0.2, 0) is 11.2 Å². The van der Waals surface area contributed by atoms with Crippen LogP contribution in [0.4, 0.5) is 0 Å². The smallest absolute Gasteiger partial charge is 0.0792 e. The van der Waals surface area contributed by atoms with E-state index in [0.717, 1.165) is 12.1 Å². The van der Waals surface area contributed by atoms with Crippen LogP contribution in [0.25, 0.3) is 0 Å². The quantitative estimate of drug-likeness (QED) is 0.580. The SMILES string of the molecule is COC(C)(C)C(Cc1ccn(C(C)C)n1)NN. The molecule has 5 heteroatoms. The van der Waals surface area contributed by atoms with E-state index in [-0.39, 0.29) is 11.6 Å². The van der Waals surface area contributed by atoms with Crippen molar-refractivity contribution >= 4 is 0 Å². The zero-order valence-corrected chi connectivity index (χ0v) is 11.4. The molecule has 0 spiro atoms. The Morgan fingerprint density at radius 1 is 1.53 bits per heavy atom. The Labute approximate surface area is 103 Å². The van der Waals surface area contributed by atoms with Crippen LogP contribution in [0, 0.1) is 0 Å². The molecule has 1 unspecified atom stereocenters. The second-order valence-corrected chi connectivity index (χ2v) is 5.11. The van der Waals surface area contributed by atoms with Crippen LogP contribution >= 0.6 is 0 Å².